The Hall–Kier alpha value is -2.36. The average Bonchev–Trinajstić information content (AvgIpc) is 2.47. The Balaban J connectivity index is 2.08. The van der Waals surface area contributed by atoms with Crippen molar-refractivity contribution in [2.75, 3.05) is 5.43 Å². The molecule has 2 rings (SSSR count). The van der Waals surface area contributed by atoms with E-state index in [1.807, 2.05) is 6.07 Å². The van der Waals surface area contributed by atoms with Gasteiger partial charge in [0, 0.05) is 5.69 Å². The van der Waals surface area contributed by atoms with E-state index in [0.717, 1.165) is 0 Å². The molecule has 6 heteroatoms. The number of nitriles is 1. The van der Waals surface area contributed by atoms with Crippen LogP contribution in [0.5, 0.6) is 0 Å². The minimum absolute atomic E-state index is 0.177. The minimum Gasteiger partial charge on any atom is -0.308 e. The van der Waals surface area contributed by atoms with Gasteiger partial charge < -0.3 is 5.43 Å². The van der Waals surface area contributed by atoms with Crippen molar-refractivity contribution in [1.82, 2.24) is 4.83 Å². The van der Waals surface area contributed by atoms with Crippen LogP contribution in [-0.2, 0) is 10.0 Å². The van der Waals surface area contributed by atoms with Crippen molar-refractivity contribution in [1.29, 1.82) is 5.26 Å². The standard InChI is InChI=1S/C13H11N3O2S/c14-10-11-6-8-12(9-7-11)15-16-19(17,18)13-4-2-1-3-5-13/h1-9,15-16H. The summed E-state index contributed by atoms with van der Waals surface area (Å²) >= 11 is 0. The van der Waals surface area contributed by atoms with Crippen LogP contribution in [0.15, 0.2) is 59.5 Å². The van der Waals surface area contributed by atoms with E-state index in [9.17, 15) is 8.42 Å². The summed E-state index contributed by atoms with van der Waals surface area (Å²) in [5.41, 5.74) is 3.65. The van der Waals surface area contributed by atoms with Crippen LogP contribution in [0.25, 0.3) is 0 Å². The second kappa shape index (κ2) is 5.52. The first-order valence-electron chi connectivity index (χ1n) is 5.45. The van der Waals surface area contributed by atoms with E-state index in [1.165, 1.54) is 12.1 Å². The van der Waals surface area contributed by atoms with E-state index in [4.69, 9.17) is 5.26 Å². The van der Waals surface area contributed by atoms with Crippen LogP contribution in [0.3, 0.4) is 0 Å². The Bertz CT molecular complexity index is 689. The lowest BCUT2D eigenvalue weighted by Crippen LogP contribution is -2.29. The molecule has 0 aliphatic carbocycles. The topological polar surface area (TPSA) is 82.0 Å². The zero-order chi connectivity index (χ0) is 13.7. The molecule has 2 aromatic carbocycles. The zero-order valence-corrected chi connectivity index (χ0v) is 10.7. The van der Waals surface area contributed by atoms with Crippen LogP contribution in [0, 0.1) is 11.3 Å². The summed E-state index contributed by atoms with van der Waals surface area (Å²) in [6, 6.07) is 16.5. The van der Waals surface area contributed by atoms with Gasteiger partial charge in [0.15, 0.2) is 0 Å². The first-order chi connectivity index (χ1) is 9.12. The molecule has 5 nitrogen and oxygen atoms in total. The molecule has 0 aliphatic rings. The summed E-state index contributed by atoms with van der Waals surface area (Å²) in [6.07, 6.45) is 0. The van der Waals surface area contributed by atoms with Crippen molar-refractivity contribution in [3.05, 3.63) is 60.2 Å². The molecule has 19 heavy (non-hydrogen) atoms. The highest BCUT2D eigenvalue weighted by molar-refractivity contribution is 7.89. The SMILES string of the molecule is N#Cc1ccc(NNS(=O)(=O)c2ccccc2)cc1. The number of nitrogens with one attached hydrogen (secondary N) is 2. The molecule has 2 aromatic rings. The fourth-order valence-corrected chi connectivity index (χ4v) is 2.30. The van der Waals surface area contributed by atoms with Crippen molar-refractivity contribution < 1.29 is 8.42 Å². The van der Waals surface area contributed by atoms with Gasteiger partial charge in [-0.25, -0.2) is 8.42 Å². The Morgan fingerprint density at radius 3 is 2.16 bits per heavy atom. The molecule has 0 unspecified atom stereocenters. The third-order valence-electron chi connectivity index (χ3n) is 2.40. The summed E-state index contributed by atoms with van der Waals surface area (Å²) in [7, 11) is -3.60. The molecule has 0 fully saturated rings. The number of hydrogen-bond donors (Lipinski definition) is 2. The van der Waals surface area contributed by atoms with Crippen molar-refractivity contribution in [2.45, 2.75) is 4.90 Å². The van der Waals surface area contributed by atoms with E-state index in [2.05, 4.69) is 10.3 Å². The maximum atomic E-state index is 11.9. The summed E-state index contributed by atoms with van der Waals surface area (Å²) in [5.74, 6) is 0. The normalized spacial score (nSPS) is 10.7. The van der Waals surface area contributed by atoms with Crippen LogP contribution in [0.4, 0.5) is 5.69 Å². The summed E-state index contributed by atoms with van der Waals surface area (Å²) in [5, 5.41) is 8.65. The van der Waals surface area contributed by atoms with Gasteiger partial charge in [0.25, 0.3) is 10.0 Å². The molecule has 2 N–H and O–H groups in total. The number of nitrogens with zero attached hydrogens (tertiary/aromatic N) is 1. The molecule has 0 heterocycles. The molecule has 0 aromatic heterocycles. The fraction of sp³-hybridized carbons (Fsp3) is 0. The van der Waals surface area contributed by atoms with Crippen LogP contribution in [0.2, 0.25) is 0 Å². The van der Waals surface area contributed by atoms with Crippen molar-refractivity contribution in [3.8, 4) is 6.07 Å². The van der Waals surface area contributed by atoms with Crippen LogP contribution in [-0.4, -0.2) is 8.42 Å². The quantitative estimate of drug-likeness (QED) is 0.833. The van der Waals surface area contributed by atoms with Crippen LogP contribution in [0.1, 0.15) is 5.56 Å². The predicted molar refractivity (Wildman–Crippen MR) is 71.5 cm³/mol. The van der Waals surface area contributed by atoms with Gasteiger partial charge >= 0.3 is 0 Å². The first kappa shape index (κ1) is 13.1. The maximum absolute atomic E-state index is 11.9. The molecule has 0 radical (unpaired) electrons. The summed E-state index contributed by atoms with van der Waals surface area (Å²) in [4.78, 5) is 2.45. The lowest BCUT2D eigenvalue weighted by Gasteiger charge is -2.09. The largest absolute Gasteiger partial charge is 0.308 e. The van der Waals surface area contributed by atoms with Gasteiger partial charge in [0.2, 0.25) is 0 Å². The fourth-order valence-electron chi connectivity index (χ4n) is 1.41. The van der Waals surface area contributed by atoms with E-state index < -0.39 is 10.0 Å². The average molecular weight is 273 g/mol. The molecule has 0 saturated heterocycles. The third kappa shape index (κ3) is 3.31. The molecule has 96 valence electrons. The molecular formula is C13H11N3O2S. The molecule has 0 bridgehead atoms. The van der Waals surface area contributed by atoms with Gasteiger partial charge in [-0.05, 0) is 36.4 Å². The minimum atomic E-state index is -3.60. The second-order valence-electron chi connectivity index (χ2n) is 3.73. The van der Waals surface area contributed by atoms with Crippen LogP contribution < -0.4 is 10.3 Å². The summed E-state index contributed by atoms with van der Waals surface area (Å²) in [6.45, 7) is 0. The van der Waals surface area contributed by atoms with Gasteiger partial charge in [0.1, 0.15) is 0 Å². The third-order valence-corrected chi connectivity index (χ3v) is 3.66. The van der Waals surface area contributed by atoms with Crippen LogP contribution >= 0.6 is 0 Å². The van der Waals surface area contributed by atoms with E-state index in [1.54, 1.807) is 42.5 Å². The van der Waals surface area contributed by atoms with Crippen molar-refractivity contribution in [3.63, 3.8) is 0 Å². The van der Waals surface area contributed by atoms with Gasteiger partial charge in [-0.15, -0.1) is 4.83 Å². The highest BCUT2D eigenvalue weighted by Crippen LogP contribution is 2.10. The first-order valence-corrected chi connectivity index (χ1v) is 6.93. The number of hydrazine groups is 1. The van der Waals surface area contributed by atoms with E-state index in [-0.39, 0.29) is 4.90 Å². The van der Waals surface area contributed by atoms with Gasteiger partial charge in [0.05, 0.1) is 16.5 Å². The molecule has 0 saturated carbocycles. The number of rotatable bonds is 4. The molecule has 0 aliphatic heterocycles. The Morgan fingerprint density at radius 2 is 1.58 bits per heavy atom. The van der Waals surface area contributed by atoms with Crippen molar-refractivity contribution in [2.24, 2.45) is 0 Å². The Morgan fingerprint density at radius 1 is 0.947 bits per heavy atom. The molecule has 0 atom stereocenters. The highest BCUT2D eigenvalue weighted by atomic mass is 32.2. The number of sulfonamides is 1. The summed E-state index contributed by atoms with van der Waals surface area (Å²) < 4.78 is 23.8. The molecule has 0 spiro atoms. The lowest BCUT2D eigenvalue weighted by atomic mass is 10.2. The number of benzene rings is 2. The molecular weight excluding hydrogens is 262 g/mol. The van der Waals surface area contributed by atoms with E-state index >= 15 is 0 Å². The lowest BCUT2D eigenvalue weighted by molar-refractivity contribution is 0.588. The van der Waals surface area contributed by atoms with Crippen molar-refractivity contribution >= 4 is 15.7 Å². The van der Waals surface area contributed by atoms with E-state index in [0.29, 0.717) is 11.3 Å². The highest BCUT2D eigenvalue weighted by Gasteiger charge is 2.12. The van der Waals surface area contributed by atoms with Gasteiger partial charge in [-0.1, -0.05) is 18.2 Å². The van der Waals surface area contributed by atoms with Gasteiger partial charge in [-0.2, -0.15) is 5.26 Å². The molecule has 0 amide bonds. The monoisotopic (exact) mass is 273 g/mol. The Labute approximate surface area is 111 Å². The number of anilines is 1. The zero-order valence-electron chi connectivity index (χ0n) is 9.87. The smallest absolute Gasteiger partial charge is 0.257 e. The second-order valence-corrected chi connectivity index (χ2v) is 5.42. The maximum Gasteiger partial charge on any atom is 0.257 e. The van der Waals surface area contributed by atoms with Gasteiger partial charge in [-0.3, -0.25) is 0 Å². The Kier molecular flexibility index (Phi) is 3.80. The number of hydrogen-bond acceptors (Lipinski definition) is 4. The predicted octanol–water partition coefficient (Wildman–Crippen LogP) is 1.86.